The maximum atomic E-state index is 4.00. The molecule has 0 spiro atoms. The van der Waals surface area contributed by atoms with Gasteiger partial charge >= 0.3 is 21.1 Å². The summed E-state index contributed by atoms with van der Waals surface area (Å²) in [5.74, 6) is 0. The molecule has 2 heteroatoms. The Morgan fingerprint density at radius 1 is 1.44 bits per heavy atom. The summed E-state index contributed by atoms with van der Waals surface area (Å²) in [6.07, 6.45) is 4.03. The Kier molecular flexibility index (Phi) is 4.78. The van der Waals surface area contributed by atoms with Crippen LogP contribution in [0.15, 0.2) is 0 Å². The van der Waals surface area contributed by atoms with Crippen LogP contribution in [0.3, 0.4) is 0 Å². The quantitative estimate of drug-likeness (QED) is 0.609. The second-order valence-corrected chi connectivity index (χ2v) is 2.63. The van der Waals surface area contributed by atoms with Crippen LogP contribution in [0.5, 0.6) is 0 Å². The van der Waals surface area contributed by atoms with Gasteiger partial charge in [-0.3, -0.25) is 0 Å². The number of likely N-dealkylation sites (tertiary alicyclic amines) is 1. The molecule has 0 aromatic heterocycles. The van der Waals surface area contributed by atoms with Crippen molar-refractivity contribution in [1.82, 2.24) is 4.90 Å². The minimum absolute atomic E-state index is 0. The Bertz CT molecular complexity index is 65.3. The van der Waals surface area contributed by atoms with E-state index in [2.05, 4.69) is 18.9 Å². The molecule has 1 unspecified atom stereocenters. The standard InChI is InChI=1S/C7H14N.W/c1-7-5-3-4-6-8(7)2;/h7H,1,3-6H2,2H3;/q-1;+2. The minimum atomic E-state index is 0. The van der Waals surface area contributed by atoms with Crippen molar-refractivity contribution in [1.29, 1.82) is 0 Å². The summed E-state index contributed by atoms with van der Waals surface area (Å²) in [5, 5.41) is 0. The van der Waals surface area contributed by atoms with Crippen LogP contribution in [0.4, 0.5) is 0 Å². The number of rotatable bonds is 0. The molecule has 1 aliphatic heterocycles. The summed E-state index contributed by atoms with van der Waals surface area (Å²) in [5.41, 5.74) is 0. The molecule has 0 saturated carbocycles. The molecule has 1 fully saturated rings. The van der Waals surface area contributed by atoms with Crippen LogP contribution < -0.4 is 0 Å². The van der Waals surface area contributed by atoms with Crippen LogP contribution in [-0.4, -0.2) is 24.5 Å². The predicted octanol–water partition coefficient (Wildman–Crippen LogP) is 1.30. The zero-order chi connectivity index (χ0) is 5.98. The molecule has 0 amide bonds. The first-order valence-corrected chi connectivity index (χ1v) is 3.34. The van der Waals surface area contributed by atoms with Gasteiger partial charge in [0.15, 0.2) is 0 Å². The van der Waals surface area contributed by atoms with E-state index in [0.717, 1.165) is 0 Å². The number of hydrogen-bond acceptors (Lipinski definition) is 1. The Morgan fingerprint density at radius 3 is 2.44 bits per heavy atom. The van der Waals surface area contributed by atoms with Gasteiger partial charge < -0.3 is 11.8 Å². The van der Waals surface area contributed by atoms with E-state index in [1.54, 1.807) is 0 Å². The van der Waals surface area contributed by atoms with Crippen LogP contribution >= 0.6 is 0 Å². The van der Waals surface area contributed by atoms with Gasteiger partial charge in [-0.15, -0.1) is 6.04 Å². The second kappa shape index (κ2) is 4.46. The fourth-order valence-electron chi connectivity index (χ4n) is 1.14. The van der Waals surface area contributed by atoms with E-state index in [9.17, 15) is 0 Å². The maximum absolute atomic E-state index is 4.00. The van der Waals surface area contributed by atoms with Gasteiger partial charge in [-0.1, -0.05) is 12.8 Å². The molecule has 1 rings (SSSR count). The van der Waals surface area contributed by atoms with Gasteiger partial charge in [0.2, 0.25) is 0 Å². The van der Waals surface area contributed by atoms with E-state index in [4.69, 9.17) is 0 Å². The SMILES string of the molecule is [CH2-]C1CCCCN1C.[W+2]. The van der Waals surface area contributed by atoms with E-state index in [1.807, 2.05) is 0 Å². The van der Waals surface area contributed by atoms with Crippen LogP contribution in [0, 0.1) is 6.92 Å². The Labute approximate surface area is 72.1 Å². The summed E-state index contributed by atoms with van der Waals surface area (Å²) >= 11 is 0. The molecule has 0 aromatic rings. The normalized spacial score (nSPS) is 29.3. The molecule has 52 valence electrons. The molecule has 9 heavy (non-hydrogen) atoms. The van der Waals surface area contributed by atoms with Crippen LogP contribution in [0.25, 0.3) is 0 Å². The predicted molar refractivity (Wildman–Crippen MR) is 35.6 cm³/mol. The van der Waals surface area contributed by atoms with E-state index in [-0.39, 0.29) is 21.1 Å². The van der Waals surface area contributed by atoms with Gasteiger partial charge in [-0.25, -0.2) is 0 Å². The third-order valence-electron chi connectivity index (χ3n) is 1.92. The van der Waals surface area contributed by atoms with Crippen molar-refractivity contribution in [3.05, 3.63) is 6.92 Å². The summed E-state index contributed by atoms with van der Waals surface area (Å²) in [4.78, 5) is 2.32. The van der Waals surface area contributed by atoms with E-state index < -0.39 is 0 Å². The molecular formula is C7H14NW+. The van der Waals surface area contributed by atoms with Gasteiger partial charge in [-0.05, 0) is 20.0 Å². The fourth-order valence-corrected chi connectivity index (χ4v) is 1.14. The molecule has 1 heterocycles. The molecule has 1 saturated heterocycles. The monoisotopic (exact) mass is 296 g/mol. The second-order valence-electron chi connectivity index (χ2n) is 2.63. The van der Waals surface area contributed by atoms with E-state index >= 15 is 0 Å². The first-order valence-electron chi connectivity index (χ1n) is 3.34. The molecule has 0 aliphatic carbocycles. The Balaban J connectivity index is 0.000000640. The molecular weight excluding hydrogens is 282 g/mol. The Morgan fingerprint density at radius 2 is 2.11 bits per heavy atom. The summed E-state index contributed by atoms with van der Waals surface area (Å²) in [6, 6.07) is 0.587. The summed E-state index contributed by atoms with van der Waals surface area (Å²) in [7, 11) is 2.15. The smallest absolute Gasteiger partial charge is 0.333 e. The Hall–Kier alpha value is 0.648. The molecule has 0 radical (unpaired) electrons. The third kappa shape index (κ3) is 2.82. The van der Waals surface area contributed by atoms with Gasteiger partial charge in [0.1, 0.15) is 0 Å². The van der Waals surface area contributed by atoms with Crippen molar-refractivity contribution < 1.29 is 21.1 Å². The topological polar surface area (TPSA) is 3.24 Å². The maximum Gasteiger partial charge on any atom is 2.00 e. The first kappa shape index (κ1) is 9.65. The summed E-state index contributed by atoms with van der Waals surface area (Å²) < 4.78 is 0. The van der Waals surface area contributed by atoms with Gasteiger partial charge in [-0.2, -0.15) is 0 Å². The first-order chi connectivity index (χ1) is 3.80. The van der Waals surface area contributed by atoms with Crippen molar-refractivity contribution in [2.75, 3.05) is 13.6 Å². The van der Waals surface area contributed by atoms with Crippen molar-refractivity contribution in [3.8, 4) is 0 Å². The van der Waals surface area contributed by atoms with Crippen LogP contribution in [0.1, 0.15) is 19.3 Å². The molecule has 1 aliphatic rings. The third-order valence-corrected chi connectivity index (χ3v) is 1.92. The molecule has 0 N–H and O–H groups in total. The van der Waals surface area contributed by atoms with Crippen LogP contribution in [-0.2, 0) is 21.1 Å². The molecule has 0 bridgehead atoms. The fraction of sp³-hybridized carbons (Fsp3) is 0.857. The average molecular weight is 296 g/mol. The molecule has 1 atom stereocenters. The van der Waals surface area contributed by atoms with Crippen molar-refractivity contribution in [2.24, 2.45) is 0 Å². The van der Waals surface area contributed by atoms with E-state index in [0.29, 0.717) is 6.04 Å². The average Bonchev–Trinajstić information content (AvgIpc) is 1.77. The number of hydrogen-bond donors (Lipinski definition) is 0. The van der Waals surface area contributed by atoms with Crippen molar-refractivity contribution >= 4 is 0 Å². The minimum Gasteiger partial charge on any atom is -0.333 e. The van der Waals surface area contributed by atoms with Gasteiger partial charge in [0.25, 0.3) is 0 Å². The molecule has 0 aromatic carbocycles. The zero-order valence-electron chi connectivity index (χ0n) is 5.97. The van der Waals surface area contributed by atoms with Crippen molar-refractivity contribution in [2.45, 2.75) is 25.3 Å². The number of piperidine rings is 1. The van der Waals surface area contributed by atoms with E-state index in [1.165, 1.54) is 25.8 Å². The van der Waals surface area contributed by atoms with Gasteiger partial charge in [0.05, 0.1) is 0 Å². The number of nitrogens with zero attached hydrogens (tertiary/aromatic N) is 1. The molecule has 1 nitrogen and oxygen atoms in total. The van der Waals surface area contributed by atoms with Gasteiger partial charge in [0, 0.05) is 0 Å². The largest absolute Gasteiger partial charge is 2.00 e. The zero-order valence-corrected chi connectivity index (χ0v) is 8.90. The van der Waals surface area contributed by atoms with Crippen molar-refractivity contribution in [3.63, 3.8) is 0 Å². The van der Waals surface area contributed by atoms with Crippen LogP contribution in [0.2, 0.25) is 0 Å². The summed E-state index contributed by atoms with van der Waals surface area (Å²) in [6.45, 7) is 5.25.